The summed E-state index contributed by atoms with van der Waals surface area (Å²) in [6.45, 7) is 0. The molecule has 0 saturated heterocycles. The third-order valence-electron chi connectivity index (χ3n) is 6.33. The van der Waals surface area contributed by atoms with Crippen LogP contribution in [0.5, 0.6) is 0 Å². The molecule has 4 rings (SSSR count). The highest BCUT2D eigenvalue weighted by molar-refractivity contribution is 5.18. The Kier molecular flexibility index (Phi) is 3.42. The maximum atomic E-state index is 2.49. The standard InChI is InChI=1S/C20H26/c1-3-7-19-15(5-1)9-11-17(19)13-14-18-12-10-16-6-2-4-8-20(16)18/h1-8,15-20H,9-14H2/t15-,16+,17-,18+,19-,20+. The number of fused-ring (bicyclic) bond motifs is 2. The first-order valence-corrected chi connectivity index (χ1v) is 8.62. The second-order valence-electron chi connectivity index (χ2n) is 7.27. The Bertz CT molecular complexity index is 420. The van der Waals surface area contributed by atoms with E-state index in [1.807, 2.05) is 0 Å². The number of allylic oxidation sites excluding steroid dienone is 8. The predicted octanol–water partition coefficient (Wildman–Crippen LogP) is 5.30. The van der Waals surface area contributed by atoms with Crippen molar-refractivity contribution in [3.63, 3.8) is 0 Å². The topological polar surface area (TPSA) is 0 Å². The molecule has 0 radical (unpaired) electrons. The lowest BCUT2D eigenvalue weighted by Gasteiger charge is -2.26. The van der Waals surface area contributed by atoms with Crippen LogP contribution < -0.4 is 0 Å². The second-order valence-corrected chi connectivity index (χ2v) is 7.27. The summed E-state index contributed by atoms with van der Waals surface area (Å²) in [7, 11) is 0. The Morgan fingerprint density at radius 3 is 1.50 bits per heavy atom. The van der Waals surface area contributed by atoms with Gasteiger partial charge < -0.3 is 0 Å². The van der Waals surface area contributed by atoms with Gasteiger partial charge in [-0.3, -0.25) is 0 Å². The molecule has 2 fully saturated rings. The van der Waals surface area contributed by atoms with Crippen LogP contribution in [-0.4, -0.2) is 0 Å². The molecule has 0 amide bonds. The molecular formula is C20H26. The van der Waals surface area contributed by atoms with E-state index in [9.17, 15) is 0 Å². The molecule has 0 aromatic heterocycles. The van der Waals surface area contributed by atoms with E-state index >= 15 is 0 Å². The van der Waals surface area contributed by atoms with Gasteiger partial charge in [0, 0.05) is 0 Å². The van der Waals surface area contributed by atoms with Gasteiger partial charge in [0.25, 0.3) is 0 Å². The van der Waals surface area contributed by atoms with E-state index in [2.05, 4.69) is 48.6 Å². The van der Waals surface area contributed by atoms with E-state index in [-0.39, 0.29) is 0 Å². The van der Waals surface area contributed by atoms with Crippen LogP contribution in [0.25, 0.3) is 0 Å². The van der Waals surface area contributed by atoms with E-state index in [1.165, 1.54) is 38.5 Å². The van der Waals surface area contributed by atoms with E-state index in [1.54, 1.807) is 0 Å². The van der Waals surface area contributed by atoms with Crippen LogP contribution in [0.3, 0.4) is 0 Å². The molecule has 0 aromatic rings. The molecule has 106 valence electrons. The van der Waals surface area contributed by atoms with Gasteiger partial charge >= 0.3 is 0 Å². The summed E-state index contributed by atoms with van der Waals surface area (Å²) < 4.78 is 0. The lowest BCUT2D eigenvalue weighted by Crippen LogP contribution is -2.17. The van der Waals surface area contributed by atoms with Crippen molar-refractivity contribution in [3.05, 3.63) is 48.6 Å². The minimum Gasteiger partial charge on any atom is -0.0808 e. The van der Waals surface area contributed by atoms with E-state index in [0.717, 1.165) is 35.5 Å². The molecular weight excluding hydrogens is 240 g/mol. The van der Waals surface area contributed by atoms with Crippen molar-refractivity contribution in [1.29, 1.82) is 0 Å². The van der Waals surface area contributed by atoms with Crippen molar-refractivity contribution in [1.82, 2.24) is 0 Å². The average molecular weight is 266 g/mol. The van der Waals surface area contributed by atoms with Crippen molar-refractivity contribution in [3.8, 4) is 0 Å². The summed E-state index contributed by atoms with van der Waals surface area (Å²) in [5.74, 6) is 5.36. The van der Waals surface area contributed by atoms with Crippen molar-refractivity contribution < 1.29 is 0 Å². The van der Waals surface area contributed by atoms with Gasteiger partial charge in [-0.2, -0.15) is 0 Å². The molecule has 0 N–H and O–H groups in total. The van der Waals surface area contributed by atoms with Gasteiger partial charge in [-0.05, 0) is 74.0 Å². The Hall–Kier alpha value is -1.04. The molecule has 0 nitrogen and oxygen atoms in total. The molecule has 6 atom stereocenters. The first-order chi connectivity index (χ1) is 9.92. The lowest BCUT2D eigenvalue weighted by molar-refractivity contribution is 0.316. The third-order valence-corrected chi connectivity index (χ3v) is 6.33. The fraction of sp³-hybridized carbons (Fsp3) is 0.600. The van der Waals surface area contributed by atoms with Crippen LogP contribution in [-0.2, 0) is 0 Å². The zero-order chi connectivity index (χ0) is 13.4. The molecule has 20 heavy (non-hydrogen) atoms. The minimum absolute atomic E-state index is 0.860. The molecule has 4 aliphatic carbocycles. The highest BCUT2D eigenvalue weighted by atomic mass is 14.4. The molecule has 0 aromatic carbocycles. The Morgan fingerprint density at radius 1 is 0.550 bits per heavy atom. The van der Waals surface area contributed by atoms with Gasteiger partial charge in [0.05, 0.1) is 0 Å². The van der Waals surface area contributed by atoms with Gasteiger partial charge in [-0.15, -0.1) is 0 Å². The minimum atomic E-state index is 0.860. The fourth-order valence-corrected chi connectivity index (χ4v) is 5.23. The number of hydrogen-bond donors (Lipinski definition) is 0. The zero-order valence-electron chi connectivity index (χ0n) is 12.3. The molecule has 0 bridgehead atoms. The maximum absolute atomic E-state index is 2.49. The van der Waals surface area contributed by atoms with Gasteiger partial charge in [0.2, 0.25) is 0 Å². The van der Waals surface area contributed by atoms with Gasteiger partial charge in [0.1, 0.15) is 0 Å². The van der Waals surface area contributed by atoms with Crippen molar-refractivity contribution in [2.75, 3.05) is 0 Å². The van der Waals surface area contributed by atoms with Crippen LogP contribution in [0.15, 0.2) is 48.6 Å². The summed E-state index contributed by atoms with van der Waals surface area (Å²) in [6, 6.07) is 0. The first-order valence-electron chi connectivity index (χ1n) is 8.62. The van der Waals surface area contributed by atoms with Gasteiger partial charge in [-0.25, -0.2) is 0 Å². The fourth-order valence-electron chi connectivity index (χ4n) is 5.23. The Morgan fingerprint density at radius 2 is 1.00 bits per heavy atom. The van der Waals surface area contributed by atoms with E-state index in [0.29, 0.717) is 0 Å². The van der Waals surface area contributed by atoms with E-state index < -0.39 is 0 Å². The number of rotatable bonds is 3. The maximum Gasteiger partial charge on any atom is -0.0139 e. The Balaban J connectivity index is 1.35. The third kappa shape index (κ3) is 2.24. The van der Waals surface area contributed by atoms with Crippen LogP contribution in [0.4, 0.5) is 0 Å². The van der Waals surface area contributed by atoms with Crippen LogP contribution in [0.1, 0.15) is 38.5 Å². The van der Waals surface area contributed by atoms with Crippen LogP contribution in [0, 0.1) is 35.5 Å². The molecule has 0 aliphatic heterocycles. The van der Waals surface area contributed by atoms with Crippen LogP contribution in [0.2, 0.25) is 0 Å². The smallest absolute Gasteiger partial charge is 0.0139 e. The largest absolute Gasteiger partial charge is 0.0808 e. The zero-order valence-corrected chi connectivity index (χ0v) is 12.3. The van der Waals surface area contributed by atoms with Crippen molar-refractivity contribution >= 4 is 0 Å². The molecule has 2 saturated carbocycles. The first kappa shape index (κ1) is 12.7. The Labute approximate surface area is 123 Å². The quantitative estimate of drug-likeness (QED) is 0.650. The summed E-state index contributed by atoms with van der Waals surface area (Å²) in [6.07, 6.45) is 27.6. The number of hydrogen-bond acceptors (Lipinski definition) is 0. The second kappa shape index (κ2) is 5.39. The normalized spacial score (nSPS) is 44.8. The monoisotopic (exact) mass is 266 g/mol. The van der Waals surface area contributed by atoms with Crippen molar-refractivity contribution in [2.24, 2.45) is 35.5 Å². The molecule has 0 unspecified atom stereocenters. The summed E-state index contributed by atoms with van der Waals surface area (Å²) >= 11 is 0. The van der Waals surface area contributed by atoms with Gasteiger partial charge in [-0.1, -0.05) is 48.6 Å². The molecule has 0 heterocycles. The summed E-state index contributed by atoms with van der Waals surface area (Å²) in [5, 5.41) is 0. The highest BCUT2D eigenvalue weighted by Gasteiger charge is 2.37. The van der Waals surface area contributed by atoms with E-state index in [4.69, 9.17) is 0 Å². The summed E-state index contributed by atoms with van der Waals surface area (Å²) in [5.41, 5.74) is 0. The van der Waals surface area contributed by atoms with Crippen molar-refractivity contribution in [2.45, 2.75) is 38.5 Å². The SMILES string of the molecule is C1=C[C@@H]2[C@H](CC[C@H]3CC[C@H]4C=CC=C[C@@H]34)CC[C@@H]2C=C1. The predicted molar refractivity (Wildman–Crippen MR) is 85.2 cm³/mol. The summed E-state index contributed by atoms with van der Waals surface area (Å²) in [4.78, 5) is 0. The van der Waals surface area contributed by atoms with Gasteiger partial charge in [0.15, 0.2) is 0 Å². The lowest BCUT2D eigenvalue weighted by atomic mass is 9.79. The molecule has 4 aliphatic rings. The highest BCUT2D eigenvalue weighted by Crippen LogP contribution is 2.47. The average Bonchev–Trinajstić information content (AvgIpc) is 3.09. The van der Waals surface area contributed by atoms with Crippen LogP contribution >= 0.6 is 0 Å². The molecule has 0 spiro atoms. The molecule has 0 heteroatoms.